The third-order valence-electron chi connectivity index (χ3n) is 3.82. The highest BCUT2D eigenvalue weighted by molar-refractivity contribution is 5.36. The lowest BCUT2D eigenvalue weighted by atomic mass is 10.00. The molecule has 1 N–H and O–H groups in total. The first kappa shape index (κ1) is 16.2. The molecule has 122 valence electrons. The highest BCUT2D eigenvalue weighted by Crippen LogP contribution is 2.25. The second-order valence-electron chi connectivity index (χ2n) is 5.81. The van der Waals surface area contributed by atoms with E-state index in [0.717, 1.165) is 16.9 Å². The maximum absolute atomic E-state index is 13.5. The number of rotatable bonds is 5. The van der Waals surface area contributed by atoms with E-state index in [9.17, 15) is 9.50 Å². The SMILES string of the molecule is Cc1cc(F)cc(C(O)c2ccc(OCc3ccccc3)cc2)c1. The van der Waals surface area contributed by atoms with Crippen molar-refractivity contribution in [2.75, 3.05) is 0 Å². The molecule has 0 heterocycles. The topological polar surface area (TPSA) is 29.5 Å². The molecule has 0 aliphatic heterocycles. The predicted molar refractivity (Wildman–Crippen MR) is 92.4 cm³/mol. The van der Waals surface area contributed by atoms with E-state index in [4.69, 9.17) is 4.74 Å². The molecule has 0 radical (unpaired) electrons. The van der Waals surface area contributed by atoms with Gasteiger partial charge in [-0.15, -0.1) is 0 Å². The van der Waals surface area contributed by atoms with Gasteiger partial charge in [0.2, 0.25) is 0 Å². The molecular weight excluding hydrogens is 303 g/mol. The number of aliphatic hydroxyl groups excluding tert-OH is 1. The minimum absolute atomic E-state index is 0.341. The molecule has 0 saturated heterocycles. The van der Waals surface area contributed by atoms with Crippen LogP contribution in [0.2, 0.25) is 0 Å². The molecular formula is C21H19FO2. The van der Waals surface area contributed by atoms with Gasteiger partial charge in [0.25, 0.3) is 0 Å². The third-order valence-corrected chi connectivity index (χ3v) is 3.82. The maximum atomic E-state index is 13.5. The van der Waals surface area contributed by atoms with Crippen molar-refractivity contribution >= 4 is 0 Å². The van der Waals surface area contributed by atoms with Gasteiger partial charge in [0.05, 0.1) is 0 Å². The van der Waals surface area contributed by atoms with Gasteiger partial charge in [-0.1, -0.05) is 48.5 Å². The fraction of sp³-hybridized carbons (Fsp3) is 0.143. The minimum Gasteiger partial charge on any atom is -0.489 e. The van der Waals surface area contributed by atoms with Crippen molar-refractivity contribution in [2.45, 2.75) is 19.6 Å². The van der Waals surface area contributed by atoms with Crippen molar-refractivity contribution in [3.8, 4) is 5.75 Å². The summed E-state index contributed by atoms with van der Waals surface area (Å²) in [6.07, 6.45) is -0.859. The second kappa shape index (κ2) is 7.28. The van der Waals surface area contributed by atoms with E-state index < -0.39 is 6.10 Å². The van der Waals surface area contributed by atoms with Crippen molar-refractivity contribution in [3.05, 3.63) is 101 Å². The zero-order valence-corrected chi connectivity index (χ0v) is 13.4. The van der Waals surface area contributed by atoms with Crippen molar-refractivity contribution in [2.24, 2.45) is 0 Å². The van der Waals surface area contributed by atoms with Crippen molar-refractivity contribution in [1.82, 2.24) is 0 Å². The quantitative estimate of drug-likeness (QED) is 0.731. The van der Waals surface area contributed by atoms with Crippen LogP contribution in [-0.2, 0) is 6.61 Å². The number of benzene rings is 3. The van der Waals surface area contributed by atoms with Gasteiger partial charge in [0.1, 0.15) is 24.3 Å². The predicted octanol–water partition coefficient (Wildman–Crippen LogP) is 4.79. The molecule has 0 fully saturated rings. The van der Waals surface area contributed by atoms with Crippen LogP contribution in [0.5, 0.6) is 5.75 Å². The Morgan fingerprint density at radius 1 is 0.917 bits per heavy atom. The Morgan fingerprint density at radius 3 is 2.29 bits per heavy atom. The molecule has 0 amide bonds. The molecule has 0 bridgehead atoms. The number of halogens is 1. The molecule has 3 rings (SSSR count). The van der Waals surface area contributed by atoms with Gasteiger partial charge >= 0.3 is 0 Å². The fourth-order valence-electron chi connectivity index (χ4n) is 2.60. The molecule has 24 heavy (non-hydrogen) atoms. The minimum atomic E-state index is -0.859. The first-order chi connectivity index (χ1) is 11.6. The van der Waals surface area contributed by atoms with Gasteiger partial charge in [-0.05, 0) is 53.4 Å². The average Bonchev–Trinajstić information content (AvgIpc) is 2.60. The maximum Gasteiger partial charge on any atom is 0.123 e. The summed E-state index contributed by atoms with van der Waals surface area (Å²) in [5, 5.41) is 10.4. The molecule has 1 unspecified atom stereocenters. The zero-order chi connectivity index (χ0) is 16.9. The van der Waals surface area contributed by atoms with Crippen molar-refractivity contribution in [1.29, 1.82) is 0 Å². The van der Waals surface area contributed by atoms with Gasteiger partial charge < -0.3 is 9.84 Å². The van der Waals surface area contributed by atoms with Gasteiger partial charge in [-0.25, -0.2) is 4.39 Å². The Balaban J connectivity index is 1.69. The first-order valence-corrected chi connectivity index (χ1v) is 7.83. The number of aryl methyl sites for hydroxylation is 1. The van der Waals surface area contributed by atoms with Crippen molar-refractivity contribution in [3.63, 3.8) is 0 Å². The summed E-state index contributed by atoms with van der Waals surface area (Å²) in [5.41, 5.74) is 3.13. The number of hydrogen-bond acceptors (Lipinski definition) is 2. The van der Waals surface area contributed by atoms with Crippen LogP contribution in [0.25, 0.3) is 0 Å². The summed E-state index contributed by atoms with van der Waals surface area (Å²) in [5.74, 6) is 0.386. The molecule has 2 nitrogen and oxygen atoms in total. The number of aliphatic hydroxyl groups is 1. The van der Waals surface area contributed by atoms with Crippen LogP contribution in [0.1, 0.15) is 28.4 Å². The number of ether oxygens (including phenoxy) is 1. The molecule has 0 aliphatic rings. The van der Waals surface area contributed by atoms with E-state index in [0.29, 0.717) is 17.7 Å². The standard InChI is InChI=1S/C21H19FO2/c1-15-11-18(13-19(22)12-15)21(23)17-7-9-20(10-8-17)24-14-16-5-3-2-4-6-16/h2-13,21,23H,14H2,1H3. The van der Waals surface area contributed by atoms with Crippen LogP contribution in [0, 0.1) is 12.7 Å². The Hall–Kier alpha value is -2.65. The van der Waals surface area contributed by atoms with Crippen LogP contribution in [-0.4, -0.2) is 5.11 Å². The summed E-state index contributed by atoms with van der Waals surface area (Å²) >= 11 is 0. The van der Waals surface area contributed by atoms with Crippen LogP contribution in [0.15, 0.2) is 72.8 Å². The number of hydrogen-bond donors (Lipinski definition) is 1. The van der Waals surface area contributed by atoms with E-state index in [2.05, 4.69) is 0 Å². The Morgan fingerprint density at radius 2 is 1.62 bits per heavy atom. The molecule has 3 aromatic rings. The molecule has 0 aliphatic carbocycles. The summed E-state index contributed by atoms with van der Waals surface area (Å²) in [4.78, 5) is 0. The lowest BCUT2D eigenvalue weighted by Gasteiger charge is -2.13. The Labute approximate surface area is 141 Å². The van der Waals surface area contributed by atoms with Crippen LogP contribution in [0.3, 0.4) is 0 Å². The summed E-state index contributed by atoms with van der Waals surface area (Å²) in [6.45, 7) is 2.30. The highest BCUT2D eigenvalue weighted by atomic mass is 19.1. The zero-order valence-electron chi connectivity index (χ0n) is 13.4. The smallest absolute Gasteiger partial charge is 0.123 e. The molecule has 1 atom stereocenters. The van der Waals surface area contributed by atoms with E-state index in [1.165, 1.54) is 12.1 Å². The van der Waals surface area contributed by atoms with Crippen LogP contribution in [0.4, 0.5) is 4.39 Å². The average molecular weight is 322 g/mol. The second-order valence-corrected chi connectivity index (χ2v) is 5.81. The summed E-state index contributed by atoms with van der Waals surface area (Å²) in [7, 11) is 0. The largest absolute Gasteiger partial charge is 0.489 e. The van der Waals surface area contributed by atoms with Gasteiger partial charge in [0.15, 0.2) is 0 Å². The van der Waals surface area contributed by atoms with Gasteiger partial charge in [-0.2, -0.15) is 0 Å². The first-order valence-electron chi connectivity index (χ1n) is 7.83. The molecule has 3 heteroatoms. The lowest BCUT2D eigenvalue weighted by molar-refractivity contribution is 0.219. The highest BCUT2D eigenvalue weighted by Gasteiger charge is 2.12. The van der Waals surface area contributed by atoms with Crippen LogP contribution >= 0.6 is 0 Å². The van der Waals surface area contributed by atoms with Gasteiger partial charge in [-0.3, -0.25) is 0 Å². The Bertz CT molecular complexity index is 778. The Kier molecular flexibility index (Phi) is 4.92. The fourth-order valence-corrected chi connectivity index (χ4v) is 2.60. The van der Waals surface area contributed by atoms with E-state index >= 15 is 0 Å². The van der Waals surface area contributed by atoms with Crippen LogP contribution < -0.4 is 4.74 Å². The summed E-state index contributed by atoms with van der Waals surface area (Å²) in [6, 6.07) is 21.7. The molecule has 0 aromatic heterocycles. The van der Waals surface area contributed by atoms with E-state index in [1.54, 1.807) is 25.1 Å². The third kappa shape index (κ3) is 4.00. The monoisotopic (exact) mass is 322 g/mol. The molecule has 0 saturated carbocycles. The normalized spacial score (nSPS) is 12.0. The molecule has 0 spiro atoms. The molecule has 3 aromatic carbocycles. The van der Waals surface area contributed by atoms with E-state index in [1.807, 2.05) is 42.5 Å². The van der Waals surface area contributed by atoms with Crippen molar-refractivity contribution < 1.29 is 14.2 Å². The van der Waals surface area contributed by atoms with E-state index in [-0.39, 0.29) is 5.82 Å². The lowest BCUT2D eigenvalue weighted by Crippen LogP contribution is -2.01. The van der Waals surface area contributed by atoms with Gasteiger partial charge in [0, 0.05) is 0 Å². The summed E-state index contributed by atoms with van der Waals surface area (Å²) < 4.78 is 19.2.